The lowest BCUT2D eigenvalue weighted by Crippen LogP contribution is -2.73. The van der Waals surface area contributed by atoms with Gasteiger partial charge in [0.25, 0.3) is 11.8 Å². The van der Waals surface area contributed by atoms with Crippen LogP contribution in [0.3, 0.4) is 0 Å². The fourth-order valence-corrected chi connectivity index (χ4v) is 5.80. The van der Waals surface area contributed by atoms with Crippen LogP contribution in [-0.4, -0.2) is 98.8 Å². The average Bonchev–Trinajstić information content (AvgIpc) is 3.34. The van der Waals surface area contributed by atoms with E-state index in [0.717, 1.165) is 16.2 Å². The number of amides is 3. The third kappa shape index (κ3) is 8.40. The Labute approximate surface area is 244 Å². The minimum absolute atomic E-state index is 0.0290. The van der Waals surface area contributed by atoms with Gasteiger partial charge in [0.05, 0.1) is 35.2 Å². The van der Waals surface area contributed by atoms with Crippen molar-refractivity contribution >= 4 is 57.2 Å². The molecule has 41 heavy (non-hydrogen) atoms. The Bertz CT molecular complexity index is 1230. The molecule has 2 aliphatic rings. The predicted octanol–water partition coefficient (Wildman–Crippen LogP) is 0.903. The van der Waals surface area contributed by atoms with Crippen LogP contribution in [0.4, 0.5) is 5.13 Å². The second-order valence-corrected chi connectivity index (χ2v) is 13.4. The van der Waals surface area contributed by atoms with Crippen LogP contribution in [0.25, 0.3) is 0 Å². The molecule has 1 saturated heterocycles. The largest absolute Gasteiger partial charge is 0.453 e. The van der Waals surface area contributed by atoms with Crippen molar-refractivity contribution in [1.82, 2.24) is 15.2 Å². The Morgan fingerprint density at radius 3 is 2.41 bits per heavy atom. The highest BCUT2D eigenvalue weighted by atomic mass is 32.2. The van der Waals surface area contributed by atoms with Crippen molar-refractivity contribution < 1.29 is 42.4 Å². The summed E-state index contributed by atoms with van der Waals surface area (Å²) in [6.07, 6.45) is 1.04. The Hall–Kier alpha value is -3.21. The number of nitrogens with one attached hydrogen (secondary N) is 2. The first-order chi connectivity index (χ1) is 19.1. The van der Waals surface area contributed by atoms with Gasteiger partial charge >= 0.3 is 5.97 Å². The Morgan fingerprint density at radius 2 is 1.85 bits per heavy atom. The highest BCUT2D eigenvalue weighted by Crippen LogP contribution is 2.33. The van der Waals surface area contributed by atoms with Crippen molar-refractivity contribution in [2.75, 3.05) is 31.4 Å². The molecule has 14 nitrogen and oxygen atoms in total. The maximum absolute atomic E-state index is 13.2. The molecular formula is C25H35N5O9S2. The number of anilines is 1. The second kappa shape index (κ2) is 13.2. The number of nitrogens with zero attached hydrogens (tertiary/aromatic N) is 3. The van der Waals surface area contributed by atoms with E-state index in [4.69, 9.17) is 19.0 Å². The molecule has 3 atom stereocenters. The van der Waals surface area contributed by atoms with E-state index in [2.05, 4.69) is 20.8 Å². The van der Waals surface area contributed by atoms with Gasteiger partial charge in [0.2, 0.25) is 6.41 Å². The van der Waals surface area contributed by atoms with Gasteiger partial charge in [-0.25, -0.2) is 9.78 Å². The second-order valence-electron chi connectivity index (χ2n) is 11.0. The van der Waals surface area contributed by atoms with Crippen molar-refractivity contribution in [3.05, 3.63) is 22.8 Å². The number of oxime groups is 1. The summed E-state index contributed by atoms with van der Waals surface area (Å²) < 4.78 is 30.1. The summed E-state index contributed by atoms with van der Waals surface area (Å²) in [4.78, 5) is 60.0. The van der Waals surface area contributed by atoms with Gasteiger partial charge in [-0.1, -0.05) is 5.16 Å². The Kier molecular flexibility index (Phi) is 10.4. The lowest BCUT2D eigenvalue weighted by molar-refractivity contribution is -0.165. The van der Waals surface area contributed by atoms with Crippen molar-refractivity contribution in [3.63, 3.8) is 0 Å². The average molecular weight is 614 g/mol. The smallest absolute Gasteiger partial charge is 0.355 e. The SMILES string of the molecule is CO/N=C(\C(=O)NC1C(=O)N2C(C(=O)OC(COC(C)(C)C)COC(C)(C)C)=CCS(=O)[C@H]12)c1csc(NC=O)n1. The fraction of sp³-hybridized carbons (Fsp3) is 0.600. The van der Waals surface area contributed by atoms with Crippen LogP contribution in [-0.2, 0) is 49.0 Å². The van der Waals surface area contributed by atoms with E-state index in [0.29, 0.717) is 6.41 Å². The van der Waals surface area contributed by atoms with Crippen molar-refractivity contribution in [3.8, 4) is 0 Å². The van der Waals surface area contributed by atoms with Gasteiger partial charge in [-0.2, -0.15) is 0 Å². The fourth-order valence-electron chi connectivity index (χ4n) is 3.68. The van der Waals surface area contributed by atoms with Crippen molar-refractivity contribution in [2.24, 2.45) is 5.16 Å². The highest BCUT2D eigenvalue weighted by molar-refractivity contribution is 7.86. The number of rotatable bonds is 12. The van der Waals surface area contributed by atoms with Crippen molar-refractivity contribution in [2.45, 2.75) is 70.3 Å². The number of aromatic nitrogens is 1. The molecule has 0 bridgehead atoms. The van der Waals surface area contributed by atoms with Crippen LogP contribution >= 0.6 is 11.3 Å². The van der Waals surface area contributed by atoms with Gasteiger partial charge in [-0.15, -0.1) is 11.3 Å². The first kappa shape index (κ1) is 32.3. The molecule has 3 heterocycles. The van der Waals surface area contributed by atoms with E-state index < -0.39 is 57.3 Å². The molecule has 2 unspecified atom stereocenters. The number of carbonyl (C=O) groups is 4. The molecule has 2 N–H and O–H groups in total. The van der Waals surface area contributed by atoms with E-state index in [1.807, 2.05) is 41.5 Å². The van der Waals surface area contributed by atoms with E-state index in [9.17, 15) is 23.4 Å². The number of β-lactam (4-membered cyclic amide) rings is 1. The zero-order chi connectivity index (χ0) is 30.5. The molecule has 1 aromatic rings. The predicted molar refractivity (Wildman–Crippen MR) is 150 cm³/mol. The highest BCUT2D eigenvalue weighted by Gasteiger charge is 2.56. The van der Waals surface area contributed by atoms with Crippen molar-refractivity contribution in [1.29, 1.82) is 0 Å². The molecule has 1 aromatic heterocycles. The minimum atomic E-state index is -1.61. The monoisotopic (exact) mass is 613 g/mol. The summed E-state index contributed by atoms with van der Waals surface area (Å²) in [5, 5.41) is 9.27. The summed E-state index contributed by atoms with van der Waals surface area (Å²) in [5.74, 6) is -2.30. The molecule has 1 fully saturated rings. The third-order valence-corrected chi connectivity index (χ3v) is 7.80. The van der Waals surface area contributed by atoms with Gasteiger partial charge in [0.1, 0.15) is 36.0 Å². The zero-order valence-electron chi connectivity index (χ0n) is 23.9. The van der Waals surface area contributed by atoms with E-state index in [-0.39, 0.29) is 41.2 Å². The molecule has 0 spiro atoms. The quantitative estimate of drug-likeness (QED) is 0.113. The molecule has 0 radical (unpaired) electrons. The molecule has 0 aliphatic carbocycles. The van der Waals surface area contributed by atoms with Crippen LogP contribution in [0, 0.1) is 0 Å². The van der Waals surface area contributed by atoms with Crippen LogP contribution in [0.1, 0.15) is 47.2 Å². The third-order valence-electron chi connectivity index (χ3n) is 5.51. The summed E-state index contributed by atoms with van der Waals surface area (Å²) in [7, 11) is -0.385. The molecule has 3 rings (SSSR count). The normalized spacial score (nSPS) is 21.0. The van der Waals surface area contributed by atoms with E-state index in [1.165, 1.54) is 18.6 Å². The number of fused-ring (bicyclic) bond motifs is 1. The number of thiazole rings is 1. The van der Waals surface area contributed by atoms with Gasteiger partial charge in [0, 0.05) is 11.1 Å². The molecule has 226 valence electrons. The minimum Gasteiger partial charge on any atom is -0.453 e. The number of hydrogen-bond acceptors (Lipinski definition) is 12. The van der Waals surface area contributed by atoms with E-state index in [1.54, 1.807) is 0 Å². The van der Waals surface area contributed by atoms with Crippen LogP contribution in [0.5, 0.6) is 0 Å². The van der Waals surface area contributed by atoms with Gasteiger partial charge < -0.3 is 29.7 Å². The standard InChI is InChI=1S/C25H35N5O9S2/c1-24(2,3)37-10-14(11-38-25(4,5)6)39-22(34)16-8-9-41(35)21-18(20(33)30(16)21)28-19(32)17(29-36-7)15-12-40-23(27-15)26-13-31/h8,12-14,18,21H,9-11H2,1-7H3,(H,28,32)(H,26,27,31)/b29-17-/t18?,21-,41?/m1/s1. The maximum atomic E-state index is 13.2. The number of hydrogen-bond donors (Lipinski definition) is 2. The molecule has 16 heteroatoms. The lowest BCUT2D eigenvalue weighted by Gasteiger charge is -2.48. The number of esters is 1. The number of carbonyl (C=O) groups excluding carboxylic acids is 4. The van der Waals surface area contributed by atoms with Crippen LogP contribution in [0.15, 0.2) is 22.3 Å². The molecular weight excluding hydrogens is 578 g/mol. The lowest BCUT2D eigenvalue weighted by atomic mass is 10.0. The summed E-state index contributed by atoms with van der Waals surface area (Å²) in [5.41, 5.74) is -1.22. The first-order valence-corrected chi connectivity index (χ1v) is 14.9. The summed E-state index contributed by atoms with van der Waals surface area (Å²) in [6.45, 7) is 11.3. The zero-order valence-corrected chi connectivity index (χ0v) is 25.6. The van der Waals surface area contributed by atoms with Gasteiger partial charge in [-0.05, 0) is 47.6 Å². The Balaban J connectivity index is 1.73. The molecule has 0 aromatic carbocycles. The molecule has 2 aliphatic heterocycles. The van der Waals surface area contributed by atoms with Gasteiger partial charge in [0.15, 0.2) is 10.8 Å². The topological polar surface area (TPSA) is 175 Å². The maximum Gasteiger partial charge on any atom is 0.355 e. The summed E-state index contributed by atoms with van der Waals surface area (Å²) in [6, 6.07) is -1.20. The van der Waals surface area contributed by atoms with Crippen LogP contribution in [0.2, 0.25) is 0 Å². The van der Waals surface area contributed by atoms with Crippen LogP contribution < -0.4 is 10.6 Å². The summed E-state index contributed by atoms with van der Waals surface area (Å²) >= 11 is 1.05. The Morgan fingerprint density at radius 1 is 1.22 bits per heavy atom. The first-order valence-electron chi connectivity index (χ1n) is 12.6. The molecule has 0 saturated carbocycles. The molecule has 3 amide bonds. The van der Waals surface area contributed by atoms with E-state index >= 15 is 0 Å². The van der Waals surface area contributed by atoms with Gasteiger partial charge in [-0.3, -0.25) is 23.5 Å². The number of ether oxygens (including phenoxy) is 3.